The Labute approximate surface area is 147 Å². The molecule has 0 amide bonds. The Bertz CT molecular complexity index is 951. The van der Waals surface area contributed by atoms with E-state index in [1.54, 1.807) is 0 Å². The Balaban J connectivity index is 2.28. The average Bonchev–Trinajstić information content (AvgIpc) is 3.10. The molecular formula is C17H13N5S2. The second-order valence-electron chi connectivity index (χ2n) is 5.26. The van der Waals surface area contributed by atoms with Gasteiger partial charge >= 0.3 is 0 Å². The predicted molar refractivity (Wildman–Crippen MR) is 98.6 cm³/mol. The summed E-state index contributed by atoms with van der Waals surface area (Å²) in [6.45, 7) is 3.79. The lowest BCUT2D eigenvalue weighted by Crippen LogP contribution is -1.96. The maximum absolute atomic E-state index is 9.37. The van der Waals surface area contributed by atoms with Crippen LogP contribution in [0.4, 0.5) is 10.0 Å². The van der Waals surface area contributed by atoms with Crippen LogP contribution in [0.25, 0.3) is 22.3 Å². The van der Waals surface area contributed by atoms with E-state index in [-0.39, 0.29) is 0 Å². The normalized spacial score (nSPS) is 10.3. The van der Waals surface area contributed by atoms with Gasteiger partial charge in [-0.2, -0.15) is 10.5 Å². The molecule has 3 heterocycles. The third-order valence-electron chi connectivity index (χ3n) is 3.85. The first-order chi connectivity index (χ1) is 11.5. The number of nitrogen functional groups attached to an aromatic ring is 2. The molecule has 24 heavy (non-hydrogen) atoms. The van der Waals surface area contributed by atoms with E-state index in [0.29, 0.717) is 21.1 Å². The molecule has 0 aliphatic heterocycles. The van der Waals surface area contributed by atoms with E-state index in [4.69, 9.17) is 11.5 Å². The molecule has 0 saturated heterocycles. The van der Waals surface area contributed by atoms with Crippen molar-refractivity contribution in [3.63, 3.8) is 0 Å². The fourth-order valence-corrected chi connectivity index (χ4v) is 4.17. The highest BCUT2D eigenvalue weighted by atomic mass is 32.1. The molecule has 0 bridgehead atoms. The molecule has 0 atom stereocenters. The summed E-state index contributed by atoms with van der Waals surface area (Å²) in [6, 6.07) is 6.28. The van der Waals surface area contributed by atoms with Crippen molar-refractivity contribution in [2.45, 2.75) is 13.8 Å². The standard InChI is InChI=1S/C17H13N5S2/c1-8-10(14-6-23-16(20)12(14)4-18)3-11(9(2)22-8)15-7-24-17(21)13(15)5-19/h3,6-7H,20-21H2,1-2H3. The smallest absolute Gasteiger partial charge is 0.104 e. The van der Waals surface area contributed by atoms with Crippen molar-refractivity contribution in [1.29, 1.82) is 10.5 Å². The van der Waals surface area contributed by atoms with Crippen molar-refractivity contribution in [3.05, 3.63) is 39.3 Å². The summed E-state index contributed by atoms with van der Waals surface area (Å²) in [5.41, 5.74) is 17.5. The summed E-state index contributed by atoms with van der Waals surface area (Å²) in [4.78, 5) is 4.60. The van der Waals surface area contributed by atoms with Gasteiger partial charge in [0, 0.05) is 44.4 Å². The lowest BCUT2D eigenvalue weighted by molar-refractivity contribution is 1.13. The minimum absolute atomic E-state index is 0.463. The highest BCUT2D eigenvalue weighted by Gasteiger charge is 2.19. The van der Waals surface area contributed by atoms with E-state index >= 15 is 0 Å². The zero-order valence-electron chi connectivity index (χ0n) is 13.0. The number of rotatable bonds is 2. The van der Waals surface area contributed by atoms with Crippen molar-refractivity contribution >= 4 is 32.7 Å². The van der Waals surface area contributed by atoms with Gasteiger partial charge < -0.3 is 11.5 Å². The van der Waals surface area contributed by atoms with Crippen LogP contribution in [0.1, 0.15) is 22.5 Å². The first-order valence-electron chi connectivity index (χ1n) is 7.01. The Kier molecular flexibility index (Phi) is 3.98. The zero-order chi connectivity index (χ0) is 17.4. The molecule has 0 fully saturated rings. The van der Waals surface area contributed by atoms with Crippen molar-refractivity contribution in [2.75, 3.05) is 11.5 Å². The number of hydrogen-bond donors (Lipinski definition) is 2. The maximum atomic E-state index is 9.37. The molecular weight excluding hydrogens is 338 g/mol. The van der Waals surface area contributed by atoms with Gasteiger partial charge in [-0.3, -0.25) is 4.98 Å². The van der Waals surface area contributed by atoms with Gasteiger partial charge in [-0.25, -0.2) is 0 Å². The fourth-order valence-electron chi connectivity index (χ4n) is 2.64. The van der Waals surface area contributed by atoms with Crippen LogP contribution < -0.4 is 11.5 Å². The molecule has 3 aromatic rings. The molecule has 0 aliphatic carbocycles. The minimum Gasteiger partial charge on any atom is -0.389 e. The van der Waals surface area contributed by atoms with E-state index in [1.165, 1.54) is 22.7 Å². The van der Waals surface area contributed by atoms with Gasteiger partial charge in [0.25, 0.3) is 0 Å². The van der Waals surface area contributed by atoms with Crippen LogP contribution in [-0.2, 0) is 0 Å². The summed E-state index contributed by atoms with van der Waals surface area (Å²) in [6.07, 6.45) is 0. The molecule has 3 rings (SSSR count). The fraction of sp³-hybridized carbons (Fsp3) is 0.118. The summed E-state index contributed by atoms with van der Waals surface area (Å²) < 4.78 is 0. The first kappa shape index (κ1) is 16.0. The molecule has 3 aromatic heterocycles. The number of nitrogens with two attached hydrogens (primary N) is 2. The average molecular weight is 351 g/mol. The van der Waals surface area contributed by atoms with Crippen molar-refractivity contribution in [2.24, 2.45) is 0 Å². The van der Waals surface area contributed by atoms with E-state index in [2.05, 4.69) is 17.1 Å². The van der Waals surface area contributed by atoms with Gasteiger partial charge in [-0.1, -0.05) is 0 Å². The van der Waals surface area contributed by atoms with Crippen LogP contribution >= 0.6 is 22.7 Å². The molecule has 0 aliphatic rings. The van der Waals surface area contributed by atoms with Crippen LogP contribution in [0.2, 0.25) is 0 Å². The van der Waals surface area contributed by atoms with Gasteiger partial charge in [-0.15, -0.1) is 22.7 Å². The third-order valence-corrected chi connectivity index (χ3v) is 5.47. The Hall–Kier alpha value is -2.87. The summed E-state index contributed by atoms with van der Waals surface area (Å²) >= 11 is 2.67. The number of nitrogens with zero attached hydrogens (tertiary/aromatic N) is 3. The molecule has 0 aromatic carbocycles. The van der Waals surface area contributed by atoms with E-state index in [1.807, 2.05) is 30.7 Å². The summed E-state index contributed by atoms with van der Waals surface area (Å²) in [5.74, 6) is 0. The molecule has 5 nitrogen and oxygen atoms in total. The van der Waals surface area contributed by atoms with Gasteiger partial charge in [0.15, 0.2) is 0 Å². The number of pyridine rings is 1. The Morgan fingerprint density at radius 2 is 1.25 bits per heavy atom. The Morgan fingerprint density at radius 3 is 1.62 bits per heavy atom. The lowest BCUT2D eigenvalue weighted by Gasteiger charge is -2.11. The molecule has 7 heteroatoms. The number of aryl methyl sites for hydroxylation is 2. The van der Waals surface area contributed by atoms with Crippen LogP contribution in [0.15, 0.2) is 16.8 Å². The SMILES string of the molecule is Cc1nc(C)c(-c2csc(N)c2C#N)cc1-c1csc(N)c1C#N. The Morgan fingerprint density at radius 1 is 0.833 bits per heavy atom. The van der Waals surface area contributed by atoms with E-state index < -0.39 is 0 Å². The number of aromatic nitrogens is 1. The summed E-state index contributed by atoms with van der Waals surface area (Å²) in [5, 5.41) is 23.4. The lowest BCUT2D eigenvalue weighted by atomic mass is 9.96. The minimum atomic E-state index is 0.463. The zero-order valence-corrected chi connectivity index (χ0v) is 14.7. The second-order valence-corrected chi connectivity index (χ2v) is 7.08. The maximum Gasteiger partial charge on any atom is 0.104 e. The molecule has 0 radical (unpaired) electrons. The van der Waals surface area contributed by atoms with E-state index in [9.17, 15) is 10.5 Å². The number of anilines is 2. The number of thiophene rings is 2. The molecule has 4 N–H and O–H groups in total. The highest BCUT2D eigenvalue weighted by molar-refractivity contribution is 7.15. The predicted octanol–water partition coefficient (Wildman–Crippen LogP) is 4.06. The monoisotopic (exact) mass is 351 g/mol. The van der Waals surface area contributed by atoms with Crippen molar-refractivity contribution in [1.82, 2.24) is 4.98 Å². The quantitative estimate of drug-likeness (QED) is 0.723. The third kappa shape index (κ3) is 2.41. The molecule has 0 spiro atoms. The molecule has 0 unspecified atom stereocenters. The van der Waals surface area contributed by atoms with Crippen molar-refractivity contribution < 1.29 is 0 Å². The largest absolute Gasteiger partial charge is 0.389 e. The van der Waals surface area contributed by atoms with E-state index in [0.717, 1.165) is 33.6 Å². The van der Waals surface area contributed by atoms with Crippen LogP contribution in [0, 0.1) is 36.5 Å². The van der Waals surface area contributed by atoms with Crippen LogP contribution in [0.3, 0.4) is 0 Å². The van der Waals surface area contributed by atoms with Gasteiger partial charge in [-0.05, 0) is 19.9 Å². The molecule has 118 valence electrons. The topological polar surface area (TPSA) is 113 Å². The van der Waals surface area contributed by atoms with Crippen LogP contribution in [0.5, 0.6) is 0 Å². The van der Waals surface area contributed by atoms with Gasteiger partial charge in [0.05, 0.1) is 11.1 Å². The second kappa shape index (κ2) is 5.97. The number of nitriles is 2. The highest BCUT2D eigenvalue weighted by Crippen LogP contribution is 2.39. The molecule has 0 saturated carbocycles. The number of hydrogen-bond acceptors (Lipinski definition) is 7. The van der Waals surface area contributed by atoms with Gasteiger partial charge in [0.1, 0.15) is 22.1 Å². The van der Waals surface area contributed by atoms with Crippen LogP contribution in [-0.4, -0.2) is 4.98 Å². The van der Waals surface area contributed by atoms with Crippen molar-refractivity contribution in [3.8, 4) is 34.4 Å². The first-order valence-corrected chi connectivity index (χ1v) is 8.77. The van der Waals surface area contributed by atoms with Gasteiger partial charge in [0.2, 0.25) is 0 Å². The summed E-state index contributed by atoms with van der Waals surface area (Å²) in [7, 11) is 0.